The molecule has 1 fully saturated rings. The van der Waals surface area contributed by atoms with Crippen LogP contribution in [0.3, 0.4) is 0 Å². The molecular formula is C18H23N3O2. The number of piperidine rings is 1. The highest BCUT2D eigenvalue weighted by molar-refractivity contribution is 5.89. The van der Waals surface area contributed by atoms with Gasteiger partial charge in [-0.1, -0.05) is 35.5 Å². The topological polar surface area (TPSA) is 58.4 Å². The van der Waals surface area contributed by atoms with E-state index >= 15 is 0 Å². The summed E-state index contributed by atoms with van der Waals surface area (Å²) < 4.78 is 4.84. The van der Waals surface area contributed by atoms with Gasteiger partial charge in [-0.2, -0.15) is 0 Å². The second-order valence-electron chi connectivity index (χ2n) is 6.20. The maximum absolute atomic E-state index is 12.2. The van der Waals surface area contributed by atoms with Gasteiger partial charge >= 0.3 is 6.03 Å². The zero-order chi connectivity index (χ0) is 16.1. The number of anilines is 1. The van der Waals surface area contributed by atoms with Crippen LogP contribution in [0, 0.1) is 12.8 Å². The Morgan fingerprint density at radius 3 is 2.70 bits per heavy atom. The molecule has 122 valence electrons. The molecule has 0 atom stereocenters. The standard InChI is InChI=1S/C18H23N3O2/c1-14-17(13-23-20-14)19-18(22)21-11-9-16(10-12-21)8-7-15-5-3-2-4-6-15/h2-6,13,16H,7-12H2,1H3,(H,19,22). The molecule has 1 aromatic carbocycles. The lowest BCUT2D eigenvalue weighted by molar-refractivity contribution is 0.180. The van der Waals surface area contributed by atoms with E-state index in [0.29, 0.717) is 17.3 Å². The molecule has 5 heteroatoms. The predicted octanol–water partition coefficient (Wildman–Crippen LogP) is 3.86. The summed E-state index contributed by atoms with van der Waals surface area (Å²) in [5.74, 6) is 0.705. The van der Waals surface area contributed by atoms with Crippen LogP contribution in [-0.4, -0.2) is 29.2 Å². The molecule has 23 heavy (non-hydrogen) atoms. The third-order valence-electron chi connectivity index (χ3n) is 4.58. The number of likely N-dealkylation sites (tertiary alicyclic amines) is 1. The summed E-state index contributed by atoms with van der Waals surface area (Å²) >= 11 is 0. The normalized spacial score (nSPS) is 15.6. The number of aromatic nitrogens is 1. The number of nitrogens with zero attached hydrogens (tertiary/aromatic N) is 2. The Balaban J connectivity index is 1.43. The minimum atomic E-state index is -0.0576. The number of carbonyl (C=O) groups excluding carboxylic acids is 1. The van der Waals surface area contributed by atoms with Crippen LogP contribution in [0.4, 0.5) is 10.5 Å². The molecule has 0 unspecified atom stereocenters. The smallest absolute Gasteiger partial charge is 0.321 e. The Labute approximate surface area is 136 Å². The van der Waals surface area contributed by atoms with Crippen LogP contribution in [0.1, 0.15) is 30.5 Å². The van der Waals surface area contributed by atoms with E-state index in [1.807, 2.05) is 11.8 Å². The van der Waals surface area contributed by atoms with Crippen LogP contribution >= 0.6 is 0 Å². The number of amides is 2. The Hall–Kier alpha value is -2.30. The molecule has 1 aromatic heterocycles. The van der Waals surface area contributed by atoms with Gasteiger partial charge in [0.05, 0.1) is 0 Å². The Morgan fingerprint density at radius 2 is 2.04 bits per heavy atom. The van der Waals surface area contributed by atoms with Gasteiger partial charge in [-0.05, 0) is 44.1 Å². The Bertz CT molecular complexity index is 631. The van der Waals surface area contributed by atoms with Crippen molar-refractivity contribution in [3.05, 3.63) is 47.9 Å². The van der Waals surface area contributed by atoms with E-state index in [1.54, 1.807) is 0 Å². The van der Waals surface area contributed by atoms with Crippen LogP contribution in [0.15, 0.2) is 41.1 Å². The average Bonchev–Trinajstić information content (AvgIpc) is 2.99. The number of hydrogen-bond donors (Lipinski definition) is 1. The number of carbonyl (C=O) groups is 1. The lowest BCUT2D eigenvalue weighted by Crippen LogP contribution is -2.41. The van der Waals surface area contributed by atoms with Crippen LogP contribution in [0.5, 0.6) is 0 Å². The van der Waals surface area contributed by atoms with Crippen molar-refractivity contribution < 1.29 is 9.32 Å². The summed E-state index contributed by atoms with van der Waals surface area (Å²) in [6, 6.07) is 10.5. The van der Waals surface area contributed by atoms with E-state index in [2.05, 4.69) is 40.8 Å². The van der Waals surface area contributed by atoms with Crippen molar-refractivity contribution in [2.24, 2.45) is 5.92 Å². The van der Waals surface area contributed by atoms with Crippen LogP contribution in [0.25, 0.3) is 0 Å². The molecule has 0 bridgehead atoms. The molecule has 0 spiro atoms. The molecule has 1 saturated heterocycles. The number of hydrogen-bond acceptors (Lipinski definition) is 3. The fraction of sp³-hybridized carbons (Fsp3) is 0.444. The SMILES string of the molecule is Cc1nocc1NC(=O)N1CCC(CCc2ccccc2)CC1. The second kappa shape index (κ2) is 7.31. The second-order valence-corrected chi connectivity index (χ2v) is 6.20. The van der Waals surface area contributed by atoms with Crippen molar-refractivity contribution in [2.45, 2.75) is 32.6 Å². The molecule has 1 N–H and O–H groups in total. The maximum atomic E-state index is 12.2. The van der Waals surface area contributed by atoms with Gasteiger partial charge in [0.1, 0.15) is 17.6 Å². The van der Waals surface area contributed by atoms with E-state index in [-0.39, 0.29) is 6.03 Å². The summed E-state index contributed by atoms with van der Waals surface area (Å²) in [5, 5.41) is 6.64. The number of rotatable bonds is 4. The average molecular weight is 313 g/mol. The van der Waals surface area contributed by atoms with Crippen molar-refractivity contribution in [1.29, 1.82) is 0 Å². The van der Waals surface area contributed by atoms with Crippen molar-refractivity contribution in [3.63, 3.8) is 0 Å². The fourth-order valence-electron chi connectivity index (χ4n) is 3.05. The van der Waals surface area contributed by atoms with E-state index < -0.39 is 0 Å². The molecule has 5 nitrogen and oxygen atoms in total. The molecule has 3 rings (SSSR count). The van der Waals surface area contributed by atoms with E-state index in [4.69, 9.17) is 4.52 Å². The highest BCUT2D eigenvalue weighted by Gasteiger charge is 2.23. The minimum Gasteiger partial charge on any atom is -0.362 e. The zero-order valence-corrected chi connectivity index (χ0v) is 13.5. The lowest BCUT2D eigenvalue weighted by atomic mass is 9.90. The Morgan fingerprint density at radius 1 is 1.30 bits per heavy atom. The van der Waals surface area contributed by atoms with E-state index in [9.17, 15) is 4.79 Å². The molecule has 2 amide bonds. The van der Waals surface area contributed by atoms with Crippen LogP contribution in [-0.2, 0) is 6.42 Å². The highest BCUT2D eigenvalue weighted by atomic mass is 16.5. The number of benzene rings is 1. The van der Waals surface area contributed by atoms with Gasteiger partial charge in [0.15, 0.2) is 0 Å². The monoisotopic (exact) mass is 313 g/mol. The summed E-state index contributed by atoms with van der Waals surface area (Å²) in [7, 11) is 0. The minimum absolute atomic E-state index is 0.0576. The molecule has 2 heterocycles. The van der Waals surface area contributed by atoms with Crippen molar-refractivity contribution >= 4 is 11.7 Å². The Kier molecular flexibility index (Phi) is 4.95. The molecule has 0 saturated carbocycles. The third kappa shape index (κ3) is 4.12. The molecular weight excluding hydrogens is 290 g/mol. The summed E-state index contributed by atoms with van der Waals surface area (Å²) in [4.78, 5) is 14.1. The van der Waals surface area contributed by atoms with E-state index in [0.717, 1.165) is 32.4 Å². The zero-order valence-electron chi connectivity index (χ0n) is 13.5. The number of nitrogens with one attached hydrogen (secondary N) is 1. The molecule has 1 aliphatic heterocycles. The first-order valence-corrected chi connectivity index (χ1v) is 8.23. The van der Waals surface area contributed by atoms with Gasteiger partial charge in [0.2, 0.25) is 0 Å². The first-order valence-electron chi connectivity index (χ1n) is 8.23. The summed E-state index contributed by atoms with van der Waals surface area (Å²) in [6.45, 7) is 3.44. The summed E-state index contributed by atoms with van der Waals surface area (Å²) in [5.41, 5.74) is 2.76. The number of aryl methyl sites for hydroxylation is 2. The fourth-order valence-corrected chi connectivity index (χ4v) is 3.05. The van der Waals surface area contributed by atoms with Crippen molar-refractivity contribution in [3.8, 4) is 0 Å². The largest absolute Gasteiger partial charge is 0.362 e. The lowest BCUT2D eigenvalue weighted by Gasteiger charge is -2.32. The highest BCUT2D eigenvalue weighted by Crippen LogP contribution is 2.23. The molecule has 0 aliphatic carbocycles. The van der Waals surface area contributed by atoms with Crippen LogP contribution < -0.4 is 5.32 Å². The van der Waals surface area contributed by atoms with Crippen LogP contribution in [0.2, 0.25) is 0 Å². The first kappa shape index (κ1) is 15.6. The van der Waals surface area contributed by atoms with E-state index in [1.165, 1.54) is 18.2 Å². The van der Waals surface area contributed by atoms with Gasteiger partial charge in [-0.3, -0.25) is 0 Å². The van der Waals surface area contributed by atoms with Gasteiger partial charge in [0.25, 0.3) is 0 Å². The van der Waals surface area contributed by atoms with Crippen molar-refractivity contribution in [1.82, 2.24) is 10.1 Å². The molecule has 2 aromatic rings. The first-order chi connectivity index (χ1) is 11.2. The number of urea groups is 1. The van der Waals surface area contributed by atoms with Gasteiger partial charge in [-0.15, -0.1) is 0 Å². The maximum Gasteiger partial charge on any atom is 0.321 e. The van der Waals surface area contributed by atoms with Gasteiger partial charge in [-0.25, -0.2) is 4.79 Å². The predicted molar refractivity (Wildman–Crippen MR) is 89.3 cm³/mol. The quantitative estimate of drug-likeness (QED) is 0.932. The molecule has 0 radical (unpaired) electrons. The van der Waals surface area contributed by atoms with Crippen molar-refractivity contribution in [2.75, 3.05) is 18.4 Å². The van der Waals surface area contributed by atoms with Gasteiger partial charge in [0, 0.05) is 13.1 Å². The molecule has 1 aliphatic rings. The summed E-state index contributed by atoms with van der Waals surface area (Å²) in [6.07, 6.45) is 5.94. The van der Waals surface area contributed by atoms with Gasteiger partial charge < -0.3 is 14.7 Å². The third-order valence-corrected chi connectivity index (χ3v) is 4.58.